The topological polar surface area (TPSA) is 106 Å². The summed E-state index contributed by atoms with van der Waals surface area (Å²) < 4.78 is 8.14. The zero-order valence-corrected chi connectivity index (χ0v) is 25.2. The van der Waals surface area contributed by atoms with Crippen LogP contribution < -0.4 is 20.3 Å². The predicted octanol–water partition coefficient (Wildman–Crippen LogP) is 5.17. The number of rotatable bonds is 10. The van der Waals surface area contributed by atoms with Gasteiger partial charge in [-0.2, -0.15) is 0 Å². The highest BCUT2D eigenvalue weighted by molar-refractivity contribution is 6.38. The van der Waals surface area contributed by atoms with Gasteiger partial charge in [0.1, 0.15) is 23.7 Å². The summed E-state index contributed by atoms with van der Waals surface area (Å²) in [5.41, 5.74) is 3.90. The minimum Gasteiger partial charge on any atom is -0.486 e. The van der Waals surface area contributed by atoms with Crippen LogP contribution in [-0.2, 0) is 29.7 Å². The zero-order chi connectivity index (χ0) is 30.4. The van der Waals surface area contributed by atoms with Crippen molar-refractivity contribution in [2.24, 2.45) is 7.05 Å². The fourth-order valence-corrected chi connectivity index (χ4v) is 4.94. The molecule has 0 radical (unpaired) electrons. The first kappa shape index (κ1) is 30.6. The van der Waals surface area contributed by atoms with Crippen LogP contribution in [0.2, 0.25) is 10.0 Å². The van der Waals surface area contributed by atoms with E-state index in [1.54, 1.807) is 56.6 Å². The number of para-hydroxylation sites is 1. The van der Waals surface area contributed by atoms with Crippen LogP contribution in [0.25, 0.3) is 17.1 Å². The minimum absolute atomic E-state index is 0.0658. The molecule has 4 aromatic rings. The number of carbonyl (C=O) groups is 3. The summed E-state index contributed by atoms with van der Waals surface area (Å²) in [6.45, 7) is 1.86. The molecule has 0 spiro atoms. The number of likely N-dealkylation sites (N-methyl/N-ethyl adjacent to an activating group) is 1. The molecule has 3 amide bonds. The lowest BCUT2D eigenvalue weighted by molar-refractivity contribution is -0.122. The molecule has 0 atom stereocenters. The second kappa shape index (κ2) is 13.5. The molecule has 0 saturated carbocycles. The molecule has 1 heterocycles. The normalized spacial score (nSPS) is 11.1. The maximum absolute atomic E-state index is 12.9. The van der Waals surface area contributed by atoms with E-state index in [1.807, 2.05) is 36.7 Å². The number of amides is 3. The van der Waals surface area contributed by atoms with Crippen LogP contribution in [0.3, 0.4) is 0 Å². The molecule has 0 unspecified atom stereocenters. The van der Waals surface area contributed by atoms with E-state index in [1.165, 1.54) is 11.0 Å². The standard InChI is InChI=1S/C31H31Cl2N5O4/c1-5-26-36-30-24(37(26)3)7-6-8-25(30)42-18-21-22(32)14-15-23(29(21)33)38(4)28(40)17-35-27(39)16-11-19-9-12-20(13-10-19)31(41)34-2/h6-16H,5,17-18H2,1-4H3,(H,34,41)(H,35,39)/b16-11+. The maximum Gasteiger partial charge on any atom is 0.251 e. The number of aromatic nitrogens is 2. The molecule has 4 rings (SSSR count). The van der Waals surface area contributed by atoms with Crippen LogP contribution in [0, 0.1) is 0 Å². The molecule has 3 aromatic carbocycles. The summed E-state index contributed by atoms with van der Waals surface area (Å²) in [7, 11) is 5.09. The minimum atomic E-state index is -0.446. The molecule has 2 N–H and O–H groups in total. The molecule has 218 valence electrons. The highest BCUT2D eigenvalue weighted by atomic mass is 35.5. The summed E-state index contributed by atoms with van der Waals surface area (Å²) in [6.07, 6.45) is 3.70. The molecule has 1 aromatic heterocycles. The largest absolute Gasteiger partial charge is 0.486 e. The van der Waals surface area contributed by atoms with Gasteiger partial charge in [-0.3, -0.25) is 14.4 Å². The summed E-state index contributed by atoms with van der Waals surface area (Å²) in [5, 5.41) is 5.80. The van der Waals surface area contributed by atoms with Crippen LogP contribution in [0.1, 0.15) is 34.2 Å². The summed E-state index contributed by atoms with van der Waals surface area (Å²) in [6, 6.07) is 15.8. The number of halogens is 2. The number of benzene rings is 3. The van der Waals surface area contributed by atoms with E-state index < -0.39 is 5.91 Å². The first-order chi connectivity index (χ1) is 20.1. The number of hydrogen-bond donors (Lipinski definition) is 2. The van der Waals surface area contributed by atoms with Crippen LogP contribution >= 0.6 is 23.2 Å². The molecule has 11 heteroatoms. The molecular weight excluding hydrogens is 577 g/mol. The Bertz CT molecular complexity index is 1660. The first-order valence-corrected chi connectivity index (χ1v) is 14.0. The average Bonchev–Trinajstić information content (AvgIpc) is 3.34. The van der Waals surface area contributed by atoms with Gasteiger partial charge in [0.25, 0.3) is 5.91 Å². The SMILES string of the molecule is CCc1nc2c(OCc3c(Cl)ccc(N(C)C(=O)CNC(=O)/C=C/c4ccc(C(=O)NC)cc4)c3Cl)cccc2n1C. The Hall–Kier alpha value is -4.34. The van der Waals surface area contributed by atoms with Crippen molar-refractivity contribution in [1.29, 1.82) is 0 Å². The first-order valence-electron chi connectivity index (χ1n) is 13.2. The lowest BCUT2D eigenvalue weighted by Crippen LogP contribution is -2.37. The third-order valence-corrected chi connectivity index (χ3v) is 7.57. The van der Waals surface area contributed by atoms with Gasteiger partial charge in [0.2, 0.25) is 11.8 Å². The highest BCUT2D eigenvalue weighted by Crippen LogP contribution is 2.35. The average molecular weight is 609 g/mol. The number of imidazole rings is 1. The van der Waals surface area contributed by atoms with Crippen molar-refractivity contribution >= 4 is 63.7 Å². The summed E-state index contributed by atoms with van der Waals surface area (Å²) in [5.74, 6) is 0.520. The number of hydrogen-bond acceptors (Lipinski definition) is 5. The van der Waals surface area contributed by atoms with Crippen LogP contribution in [-0.4, -0.2) is 47.9 Å². The van der Waals surface area contributed by atoms with Crippen molar-refractivity contribution in [2.75, 3.05) is 25.5 Å². The Morgan fingerprint density at radius 3 is 2.50 bits per heavy atom. The molecule has 9 nitrogen and oxygen atoms in total. The number of aryl methyl sites for hydroxylation is 2. The number of carbonyl (C=O) groups excluding carboxylic acids is 3. The van der Waals surface area contributed by atoms with Gasteiger partial charge in [0, 0.05) is 49.8 Å². The van der Waals surface area contributed by atoms with Gasteiger partial charge >= 0.3 is 0 Å². The van der Waals surface area contributed by atoms with Crippen molar-refractivity contribution < 1.29 is 19.1 Å². The fourth-order valence-electron chi connectivity index (χ4n) is 4.33. The molecule has 0 aliphatic heterocycles. The van der Waals surface area contributed by atoms with E-state index >= 15 is 0 Å². The molecule has 0 fully saturated rings. The second-order valence-electron chi connectivity index (χ2n) is 9.42. The third kappa shape index (κ3) is 6.75. The number of nitrogens with zero attached hydrogens (tertiary/aromatic N) is 3. The zero-order valence-electron chi connectivity index (χ0n) is 23.7. The van der Waals surface area contributed by atoms with Crippen LogP contribution in [0.5, 0.6) is 5.75 Å². The molecular formula is C31H31Cl2N5O4. The van der Waals surface area contributed by atoms with E-state index in [9.17, 15) is 14.4 Å². The van der Waals surface area contributed by atoms with E-state index in [-0.39, 0.29) is 30.0 Å². The lowest BCUT2D eigenvalue weighted by Gasteiger charge is -2.21. The van der Waals surface area contributed by atoms with Crippen molar-refractivity contribution in [3.8, 4) is 5.75 Å². The third-order valence-electron chi connectivity index (χ3n) is 6.80. The van der Waals surface area contributed by atoms with Crippen molar-refractivity contribution in [2.45, 2.75) is 20.0 Å². The number of anilines is 1. The quantitative estimate of drug-likeness (QED) is 0.242. The Morgan fingerprint density at radius 1 is 1.07 bits per heavy atom. The van der Waals surface area contributed by atoms with Crippen molar-refractivity contribution in [3.63, 3.8) is 0 Å². The van der Waals surface area contributed by atoms with E-state index in [4.69, 9.17) is 32.9 Å². The van der Waals surface area contributed by atoms with Gasteiger partial charge in [-0.1, -0.05) is 48.3 Å². The summed E-state index contributed by atoms with van der Waals surface area (Å²) in [4.78, 5) is 42.9. The van der Waals surface area contributed by atoms with Gasteiger partial charge in [-0.25, -0.2) is 4.98 Å². The highest BCUT2D eigenvalue weighted by Gasteiger charge is 2.20. The van der Waals surface area contributed by atoms with Gasteiger partial charge in [-0.05, 0) is 48.0 Å². The molecule has 0 aliphatic rings. The predicted molar refractivity (Wildman–Crippen MR) is 166 cm³/mol. The fraction of sp³-hybridized carbons (Fsp3) is 0.226. The number of nitrogens with one attached hydrogen (secondary N) is 2. The van der Waals surface area contributed by atoms with Crippen LogP contribution in [0.15, 0.2) is 60.7 Å². The number of fused-ring (bicyclic) bond motifs is 1. The molecule has 0 saturated heterocycles. The monoisotopic (exact) mass is 607 g/mol. The molecule has 42 heavy (non-hydrogen) atoms. The van der Waals surface area contributed by atoms with Crippen molar-refractivity contribution in [1.82, 2.24) is 20.2 Å². The van der Waals surface area contributed by atoms with E-state index in [0.29, 0.717) is 27.6 Å². The Balaban J connectivity index is 1.39. The van der Waals surface area contributed by atoms with Gasteiger partial charge in [-0.15, -0.1) is 0 Å². The maximum atomic E-state index is 12.9. The van der Waals surface area contributed by atoms with Crippen molar-refractivity contribution in [3.05, 3.63) is 93.2 Å². The van der Waals surface area contributed by atoms with E-state index in [2.05, 4.69) is 10.6 Å². The van der Waals surface area contributed by atoms with E-state index in [0.717, 1.165) is 28.8 Å². The van der Waals surface area contributed by atoms with Gasteiger partial charge < -0.3 is 24.8 Å². The summed E-state index contributed by atoms with van der Waals surface area (Å²) >= 11 is 13.2. The smallest absolute Gasteiger partial charge is 0.251 e. The second-order valence-corrected chi connectivity index (χ2v) is 10.2. The Kier molecular flexibility index (Phi) is 9.88. The van der Waals surface area contributed by atoms with Gasteiger partial charge in [0.15, 0.2) is 0 Å². The van der Waals surface area contributed by atoms with Crippen LogP contribution in [0.4, 0.5) is 5.69 Å². The Labute approximate surface area is 254 Å². The lowest BCUT2D eigenvalue weighted by atomic mass is 10.1. The molecule has 0 aliphatic carbocycles. The number of ether oxygens (including phenoxy) is 1. The Morgan fingerprint density at radius 2 is 1.81 bits per heavy atom. The van der Waals surface area contributed by atoms with Gasteiger partial charge in [0.05, 0.1) is 22.8 Å². The molecule has 0 bridgehead atoms.